The SMILES string of the molecule is C[C@@H](NCCCCCCOC1C(=O)NC(=O)NC1=O)c1ccc(F)c(OCC2CC2)c1. The van der Waals surface area contributed by atoms with Crippen molar-refractivity contribution in [3.8, 4) is 5.75 Å². The van der Waals surface area contributed by atoms with Crippen molar-refractivity contribution in [2.75, 3.05) is 19.8 Å². The number of ether oxygens (including phenoxy) is 2. The van der Waals surface area contributed by atoms with Gasteiger partial charge in [-0.15, -0.1) is 0 Å². The molecule has 8 nitrogen and oxygen atoms in total. The number of carbonyl (C=O) groups is 3. The minimum Gasteiger partial charge on any atom is -0.490 e. The number of carbonyl (C=O) groups excluding carboxylic acids is 3. The van der Waals surface area contributed by atoms with E-state index < -0.39 is 23.9 Å². The van der Waals surface area contributed by atoms with E-state index in [0.29, 0.717) is 24.7 Å². The average molecular weight is 435 g/mol. The van der Waals surface area contributed by atoms with Crippen molar-refractivity contribution in [2.45, 2.75) is 57.6 Å². The summed E-state index contributed by atoms with van der Waals surface area (Å²) in [6, 6.07) is 4.27. The van der Waals surface area contributed by atoms with Crippen molar-refractivity contribution < 1.29 is 28.2 Å². The Morgan fingerprint density at radius 3 is 2.52 bits per heavy atom. The van der Waals surface area contributed by atoms with Crippen molar-refractivity contribution in [3.05, 3.63) is 29.6 Å². The third-order valence-electron chi connectivity index (χ3n) is 5.38. The summed E-state index contributed by atoms with van der Waals surface area (Å²) in [4.78, 5) is 34.1. The third kappa shape index (κ3) is 7.29. The second-order valence-corrected chi connectivity index (χ2v) is 8.09. The number of urea groups is 1. The van der Waals surface area contributed by atoms with E-state index in [9.17, 15) is 18.8 Å². The molecule has 3 N–H and O–H groups in total. The van der Waals surface area contributed by atoms with Gasteiger partial charge in [-0.3, -0.25) is 20.2 Å². The van der Waals surface area contributed by atoms with Gasteiger partial charge in [-0.05, 0) is 62.8 Å². The molecule has 170 valence electrons. The average Bonchev–Trinajstić information content (AvgIpc) is 3.55. The summed E-state index contributed by atoms with van der Waals surface area (Å²) in [5.74, 6) is -0.885. The fraction of sp³-hybridized carbons (Fsp3) is 0.591. The van der Waals surface area contributed by atoms with E-state index in [2.05, 4.69) is 5.32 Å². The van der Waals surface area contributed by atoms with E-state index >= 15 is 0 Å². The van der Waals surface area contributed by atoms with Crippen LogP contribution in [0.1, 0.15) is 57.1 Å². The lowest BCUT2D eigenvalue weighted by Crippen LogP contribution is -2.59. The molecule has 0 unspecified atom stereocenters. The van der Waals surface area contributed by atoms with Crippen LogP contribution in [0.4, 0.5) is 9.18 Å². The molecule has 31 heavy (non-hydrogen) atoms. The second kappa shape index (κ2) is 11.2. The van der Waals surface area contributed by atoms with Crippen LogP contribution < -0.4 is 20.7 Å². The molecule has 2 aliphatic rings. The Morgan fingerprint density at radius 2 is 1.81 bits per heavy atom. The van der Waals surface area contributed by atoms with Crippen LogP contribution >= 0.6 is 0 Å². The van der Waals surface area contributed by atoms with Gasteiger partial charge in [-0.1, -0.05) is 18.9 Å². The number of hydrogen-bond acceptors (Lipinski definition) is 6. The Hall–Kier alpha value is -2.52. The molecule has 3 rings (SSSR count). The van der Waals surface area contributed by atoms with Gasteiger partial charge >= 0.3 is 6.03 Å². The Morgan fingerprint density at radius 1 is 1.10 bits per heavy atom. The van der Waals surface area contributed by atoms with Gasteiger partial charge in [0.05, 0.1) is 6.61 Å². The first kappa shape index (κ1) is 23.1. The smallest absolute Gasteiger partial charge is 0.328 e. The first-order chi connectivity index (χ1) is 14.9. The molecular formula is C22H30FN3O5. The molecule has 1 saturated heterocycles. The van der Waals surface area contributed by atoms with Crippen molar-refractivity contribution in [1.82, 2.24) is 16.0 Å². The molecule has 9 heteroatoms. The Kier molecular flexibility index (Phi) is 8.36. The number of hydrogen-bond donors (Lipinski definition) is 3. The van der Waals surface area contributed by atoms with Crippen LogP contribution in [-0.4, -0.2) is 43.7 Å². The molecule has 1 saturated carbocycles. The summed E-state index contributed by atoms with van der Waals surface area (Å²) in [5, 5.41) is 7.44. The Bertz CT molecular complexity index is 779. The molecule has 2 fully saturated rings. The Labute approximate surface area is 181 Å². The van der Waals surface area contributed by atoms with Crippen molar-refractivity contribution in [2.24, 2.45) is 5.92 Å². The Balaban J connectivity index is 1.27. The van der Waals surface area contributed by atoms with Crippen LogP contribution in [0.2, 0.25) is 0 Å². The number of benzene rings is 1. The van der Waals surface area contributed by atoms with E-state index in [0.717, 1.165) is 44.2 Å². The number of imide groups is 2. The maximum atomic E-state index is 13.9. The summed E-state index contributed by atoms with van der Waals surface area (Å²) in [6.45, 7) is 3.70. The molecule has 0 radical (unpaired) electrons. The predicted molar refractivity (Wildman–Crippen MR) is 111 cm³/mol. The van der Waals surface area contributed by atoms with Crippen molar-refractivity contribution >= 4 is 17.8 Å². The second-order valence-electron chi connectivity index (χ2n) is 8.09. The molecule has 0 bridgehead atoms. The van der Waals surface area contributed by atoms with E-state index in [-0.39, 0.29) is 18.5 Å². The highest BCUT2D eigenvalue weighted by atomic mass is 19.1. The summed E-state index contributed by atoms with van der Waals surface area (Å²) >= 11 is 0. The molecule has 1 atom stereocenters. The quantitative estimate of drug-likeness (QED) is 0.325. The zero-order valence-corrected chi connectivity index (χ0v) is 17.7. The highest BCUT2D eigenvalue weighted by molar-refractivity contribution is 6.18. The summed E-state index contributed by atoms with van der Waals surface area (Å²) in [5.41, 5.74) is 0.989. The van der Waals surface area contributed by atoms with Gasteiger partial charge in [-0.25, -0.2) is 9.18 Å². The monoisotopic (exact) mass is 435 g/mol. The minimum atomic E-state index is -1.27. The molecule has 0 aromatic heterocycles. The molecule has 4 amide bonds. The molecule has 1 aromatic carbocycles. The number of barbiturate groups is 1. The first-order valence-electron chi connectivity index (χ1n) is 10.9. The number of rotatable bonds is 13. The largest absolute Gasteiger partial charge is 0.490 e. The fourth-order valence-electron chi connectivity index (χ4n) is 3.27. The van der Waals surface area contributed by atoms with E-state index in [1.165, 1.54) is 6.07 Å². The van der Waals surface area contributed by atoms with Crippen LogP contribution in [0.15, 0.2) is 18.2 Å². The summed E-state index contributed by atoms with van der Waals surface area (Å²) < 4.78 is 24.8. The summed E-state index contributed by atoms with van der Waals surface area (Å²) in [7, 11) is 0. The van der Waals surface area contributed by atoms with Crippen molar-refractivity contribution in [1.29, 1.82) is 0 Å². The van der Waals surface area contributed by atoms with Gasteiger partial charge in [0.1, 0.15) is 0 Å². The minimum absolute atomic E-state index is 0.0817. The predicted octanol–water partition coefficient (Wildman–Crippen LogP) is 2.58. The highest BCUT2D eigenvalue weighted by Gasteiger charge is 2.34. The summed E-state index contributed by atoms with van der Waals surface area (Å²) in [6.07, 6.45) is 4.57. The normalized spacial score (nSPS) is 17.9. The lowest BCUT2D eigenvalue weighted by molar-refractivity contribution is -0.146. The highest BCUT2D eigenvalue weighted by Crippen LogP contribution is 2.31. The number of nitrogens with one attached hydrogen (secondary N) is 3. The first-order valence-corrected chi connectivity index (χ1v) is 10.9. The van der Waals surface area contributed by atoms with Gasteiger partial charge in [0.2, 0.25) is 6.10 Å². The third-order valence-corrected chi connectivity index (χ3v) is 5.38. The van der Waals surface area contributed by atoms with Gasteiger partial charge in [0.25, 0.3) is 11.8 Å². The molecular weight excluding hydrogens is 405 g/mol. The topological polar surface area (TPSA) is 106 Å². The van der Waals surface area contributed by atoms with E-state index in [1.807, 2.05) is 17.6 Å². The van der Waals surface area contributed by atoms with E-state index in [1.54, 1.807) is 12.1 Å². The lowest BCUT2D eigenvalue weighted by Gasteiger charge is -2.20. The van der Waals surface area contributed by atoms with Crippen LogP contribution in [0.3, 0.4) is 0 Å². The fourth-order valence-corrected chi connectivity index (χ4v) is 3.27. The van der Waals surface area contributed by atoms with Gasteiger partial charge in [0.15, 0.2) is 11.6 Å². The van der Waals surface area contributed by atoms with Crippen LogP contribution in [0, 0.1) is 11.7 Å². The van der Waals surface area contributed by atoms with Gasteiger partial charge in [-0.2, -0.15) is 0 Å². The lowest BCUT2D eigenvalue weighted by atomic mass is 10.1. The molecule has 0 spiro atoms. The maximum absolute atomic E-state index is 13.9. The molecule has 1 aromatic rings. The van der Waals surface area contributed by atoms with E-state index in [4.69, 9.17) is 9.47 Å². The molecule has 1 heterocycles. The standard InChI is InChI=1S/C22H30FN3O5/c1-14(16-8-9-17(23)18(12-16)31-13-15-6-7-15)24-10-4-2-3-5-11-30-19-20(27)25-22(29)26-21(19)28/h8-9,12,14-15,19,24H,2-7,10-11,13H2,1H3,(H2,25,26,27,28,29)/t14-/m1/s1. The van der Waals surface area contributed by atoms with Gasteiger partial charge < -0.3 is 14.8 Å². The van der Waals surface area contributed by atoms with Crippen molar-refractivity contribution in [3.63, 3.8) is 0 Å². The number of amides is 4. The van der Waals surface area contributed by atoms with Crippen LogP contribution in [-0.2, 0) is 14.3 Å². The number of halogens is 1. The molecule has 1 aliphatic carbocycles. The molecule has 1 aliphatic heterocycles. The zero-order chi connectivity index (χ0) is 22.2. The van der Waals surface area contributed by atoms with Crippen LogP contribution in [0.5, 0.6) is 5.75 Å². The zero-order valence-electron chi connectivity index (χ0n) is 17.7. The van der Waals surface area contributed by atoms with Crippen LogP contribution in [0.25, 0.3) is 0 Å². The number of unbranched alkanes of at least 4 members (excludes halogenated alkanes) is 3. The van der Waals surface area contributed by atoms with Gasteiger partial charge in [0, 0.05) is 12.6 Å². The maximum Gasteiger partial charge on any atom is 0.328 e.